The van der Waals surface area contributed by atoms with E-state index in [9.17, 15) is 5.11 Å². The second-order valence-corrected chi connectivity index (χ2v) is 5.73. The molecule has 100 valence electrons. The van der Waals surface area contributed by atoms with E-state index < -0.39 is 6.10 Å². The Morgan fingerprint density at radius 3 is 2.00 bits per heavy atom. The van der Waals surface area contributed by atoms with Crippen LogP contribution in [0.25, 0.3) is 0 Å². The molecule has 3 heteroatoms. The van der Waals surface area contributed by atoms with Crippen molar-refractivity contribution in [2.24, 2.45) is 0 Å². The number of aliphatic hydroxyl groups excluding tert-OH is 1. The lowest BCUT2D eigenvalue weighted by Crippen LogP contribution is -2.01. The molecule has 0 fully saturated rings. The largest absolute Gasteiger partial charge is 0.384 e. The Kier molecular flexibility index (Phi) is 4.51. The Morgan fingerprint density at radius 2 is 1.47 bits per heavy atom. The second kappa shape index (κ2) is 5.96. The van der Waals surface area contributed by atoms with Gasteiger partial charge in [0.2, 0.25) is 0 Å². The van der Waals surface area contributed by atoms with Gasteiger partial charge in [0, 0.05) is 15.6 Å². The van der Waals surface area contributed by atoms with Gasteiger partial charge < -0.3 is 5.11 Å². The Bertz CT molecular complexity index is 561. The van der Waals surface area contributed by atoms with Crippen LogP contribution in [0.3, 0.4) is 0 Å². The lowest BCUT2D eigenvalue weighted by molar-refractivity contribution is 0.220. The smallest absolute Gasteiger partial charge is 0.105 e. The Hall–Kier alpha value is -1.02. The molecule has 0 aliphatic rings. The van der Waals surface area contributed by atoms with Crippen molar-refractivity contribution >= 4 is 23.2 Å². The van der Waals surface area contributed by atoms with Gasteiger partial charge in [-0.2, -0.15) is 0 Å². The first-order valence-corrected chi connectivity index (χ1v) is 6.97. The minimum absolute atomic E-state index is 0.477. The molecular weight excluding hydrogens is 279 g/mol. The highest BCUT2D eigenvalue weighted by Crippen LogP contribution is 2.30. The van der Waals surface area contributed by atoms with Gasteiger partial charge in [-0.1, -0.05) is 67.4 Å². The summed E-state index contributed by atoms with van der Waals surface area (Å²) in [5.41, 5.74) is 2.75. The fraction of sp³-hybridized carbons (Fsp3) is 0.250. The average Bonchev–Trinajstić information content (AvgIpc) is 2.38. The van der Waals surface area contributed by atoms with E-state index in [4.69, 9.17) is 23.2 Å². The van der Waals surface area contributed by atoms with Gasteiger partial charge in [0.25, 0.3) is 0 Å². The number of rotatable bonds is 3. The molecule has 0 aliphatic carbocycles. The Labute approximate surface area is 123 Å². The van der Waals surface area contributed by atoms with Crippen LogP contribution >= 0.6 is 23.2 Å². The molecule has 0 bridgehead atoms. The van der Waals surface area contributed by atoms with E-state index in [0.29, 0.717) is 21.5 Å². The van der Waals surface area contributed by atoms with Gasteiger partial charge in [0.15, 0.2) is 0 Å². The lowest BCUT2D eigenvalue weighted by Gasteiger charge is -2.14. The summed E-state index contributed by atoms with van der Waals surface area (Å²) in [5, 5.41) is 11.4. The van der Waals surface area contributed by atoms with Crippen LogP contribution in [0.4, 0.5) is 0 Å². The van der Waals surface area contributed by atoms with Crippen molar-refractivity contribution in [3.05, 3.63) is 69.2 Å². The molecule has 0 saturated heterocycles. The molecule has 0 amide bonds. The fourth-order valence-electron chi connectivity index (χ4n) is 1.97. The summed E-state index contributed by atoms with van der Waals surface area (Å²) >= 11 is 12.0. The maximum atomic E-state index is 10.4. The highest BCUT2D eigenvalue weighted by atomic mass is 35.5. The maximum Gasteiger partial charge on any atom is 0.105 e. The molecule has 0 spiro atoms. The average molecular weight is 295 g/mol. The minimum Gasteiger partial charge on any atom is -0.384 e. The zero-order valence-corrected chi connectivity index (χ0v) is 12.4. The summed E-state index contributed by atoms with van der Waals surface area (Å²) in [6.07, 6.45) is -0.731. The van der Waals surface area contributed by atoms with Gasteiger partial charge in [-0.25, -0.2) is 0 Å². The number of benzene rings is 2. The summed E-state index contributed by atoms with van der Waals surface area (Å²) in [5.74, 6) is 0.477. The molecule has 0 radical (unpaired) electrons. The highest BCUT2D eigenvalue weighted by molar-refractivity contribution is 6.35. The minimum atomic E-state index is -0.731. The van der Waals surface area contributed by atoms with Gasteiger partial charge >= 0.3 is 0 Å². The fourth-order valence-corrected chi connectivity index (χ4v) is 2.48. The van der Waals surface area contributed by atoms with Crippen molar-refractivity contribution in [3.8, 4) is 0 Å². The first-order valence-electron chi connectivity index (χ1n) is 6.22. The summed E-state index contributed by atoms with van der Waals surface area (Å²) < 4.78 is 0. The molecule has 2 aromatic carbocycles. The summed E-state index contributed by atoms with van der Waals surface area (Å²) in [6, 6.07) is 13.1. The second-order valence-electron chi connectivity index (χ2n) is 4.89. The molecule has 2 rings (SSSR count). The van der Waals surface area contributed by atoms with Crippen molar-refractivity contribution in [2.75, 3.05) is 0 Å². The SMILES string of the molecule is CC(C)c1ccc([C@H](O)c2ccc(Cl)cc2Cl)cc1. The first-order chi connectivity index (χ1) is 8.99. The third-order valence-corrected chi connectivity index (χ3v) is 3.74. The van der Waals surface area contributed by atoms with Crippen LogP contribution in [0.5, 0.6) is 0 Å². The van der Waals surface area contributed by atoms with Gasteiger partial charge in [-0.3, -0.25) is 0 Å². The predicted molar refractivity (Wildman–Crippen MR) is 81.1 cm³/mol. The lowest BCUT2D eigenvalue weighted by atomic mass is 9.97. The van der Waals surface area contributed by atoms with Crippen molar-refractivity contribution in [3.63, 3.8) is 0 Å². The molecule has 2 aromatic rings. The molecule has 0 aromatic heterocycles. The first kappa shape index (κ1) is 14.4. The summed E-state index contributed by atoms with van der Waals surface area (Å²) in [4.78, 5) is 0. The molecule has 1 atom stereocenters. The topological polar surface area (TPSA) is 20.2 Å². The monoisotopic (exact) mass is 294 g/mol. The van der Waals surface area contributed by atoms with E-state index in [1.165, 1.54) is 5.56 Å². The molecule has 1 nitrogen and oxygen atoms in total. The third kappa shape index (κ3) is 3.30. The number of hydrogen-bond donors (Lipinski definition) is 1. The van der Waals surface area contributed by atoms with Gasteiger partial charge in [-0.05, 0) is 29.2 Å². The van der Waals surface area contributed by atoms with Crippen LogP contribution in [0, 0.1) is 0 Å². The van der Waals surface area contributed by atoms with Crippen molar-refractivity contribution < 1.29 is 5.11 Å². The van der Waals surface area contributed by atoms with Crippen LogP contribution in [0.2, 0.25) is 10.0 Å². The summed E-state index contributed by atoms with van der Waals surface area (Å²) in [6.45, 7) is 4.28. The Balaban J connectivity index is 2.30. The molecule has 0 heterocycles. The number of aliphatic hydroxyl groups is 1. The van der Waals surface area contributed by atoms with Crippen LogP contribution in [0.1, 0.15) is 42.6 Å². The number of hydrogen-bond acceptors (Lipinski definition) is 1. The van der Waals surface area contributed by atoms with Crippen LogP contribution in [-0.2, 0) is 0 Å². The van der Waals surface area contributed by atoms with E-state index in [2.05, 4.69) is 13.8 Å². The predicted octanol–water partition coefficient (Wildman–Crippen LogP) is 5.20. The quantitative estimate of drug-likeness (QED) is 0.825. The van der Waals surface area contributed by atoms with Crippen LogP contribution < -0.4 is 0 Å². The highest BCUT2D eigenvalue weighted by Gasteiger charge is 2.14. The van der Waals surface area contributed by atoms with E-state index in [1.807, 2.05) is 24.3 Å². The molecular formula is C16H16Cl2O. The van der Waals surface area contributed by atoms with Gasteiger partial charge in [0.1, 0.15) is 6.10 Å². The zero-order valence-electron chi connectivity index (χ0n) is 10.9. The van der Waals surface area contributed by atoms with Crippen molar-refractivity contribution in [2.45, 2.75) is 25.9 Å². The van der Waals surface area contributed by atoms with E-state index in [-0.39, 0.29) is 0 Å². The molecule has 0 unspecified atom stereocenters. The normalized spacial score (nSPS) is 12.7. The third-order valence-electron chi connectivity index (χ3n) is 3.18. The zero-order chi connectivity index (χ0) is 14.0. The van der Waals surface area contributed by atoms with Crippen molar-refractivity contribution in [1.29, 1.82) is 0 Å². The Morgan fingerprint density at radius 1 is 0.895 bits per heavy atom. The van der Waals surface area contributed by atoms with Crippen LogP contribution in [-0.4, -0.2) is 5.11 Å². The van der Waals surface area contributed by atoms with Gasteiger partial charge in [0.05, 0.1) is 0 Å². The van der Waals surface area contributed by atoms with E-state index >= 15 is 0 Å². The van der Waals surface area contributed by atoms with Crippen molar-refractivity contribution in [1.82, 2.24) is 0 Å². The molecule has 0 aliphatic heterocycles. The molecule has 19 heavy (non-hydrogen) atoms. The summed E-state index contributed by atoms with van der Waals surface area (Å²) in [7, 11) is 0. The van der Waals surface area contributed by atoms with E-state index in [1.54, 1.807) is 18.2 Å². The molecule has 0 saturated carbocycles. The van der Waals surface area contributed by atoms with Gasteiger partial charge in [-0.15, -0.1) is 0 Å². The number of halogens is 2. The standard InChI is InChI=1S/C16H16Cl2O/c1-10(2)11-3-5-12(6-4-11)16(19)14-8-7-13(17)9-15(14)18/h3-10,16,19H,1-2H3/t16-/m0/s1. The van der Waals surface area contributed by atoms with Crippen LogP contribution in [0.15, 0.2) is 42.5 Å². The van der Waals surface area contributed by atoms with E-state index in [0.717, 1.165) is 5.56 Å². The molecule has 1 N–H and O–H groups in total. The maximum absolute atomic E-state index is 10.4.